The first kappa shape index (κ1) is 12.6. The van der Waals surface area contributed by atoms with Crippen LogP contribution in [0.4, 0.5) is 0 Å². The number of nitrogens with two attached hydrogens (primary N) is 1. The lowest BCUT2D eigenvalue weighted by Crippen LogP contribution is -2.34. The molecular weight excluding hydrogens is 208 g/mol. The predicted molar refractivity (Wildman–Crippen MR) is 73.1 cm³/mol. The quantitative estimate of drug-likeness (QED) is 0.868. The molecule has 2 unspecified atom stereocenters. The van der Waals surface area contributed by atoms with E-state index >= 15 is 0 Å². The van der Waals surface area contributed by atoms with Crippen molar-refractivity contribution in [1.29, 1.82) is 0 Å². The molecule has 0 amide bonds. The normalized spacial score (nSPS) is 22.9. The zero-order valence-electron chi connectivity index (χ0n) is 11.2. The van der Waals surface area contributed by atoms with Gasteiger partial charge in [0.2, 0.25) is 0 Å². The maximum atomic E-state index is 6.37. The lowest BCUT2D eigenvalue weighted by atomic mass is 9.99. The van der Waals surface area contributed by atoms with Crippen molar-refractivity contribution in [3.63, 3.8) is 0 Å². The Balaban J connectivity index is 2.08. The third-order valence-corrected chi connectivity index (χ3v) is 3.96. The third kappa shape index (κ3) is 2.88. The van der Waals surface area contributed by atoms with Crippen molar-refractivity contribution in [3.8, 4) is 0 Å². The molecule has 17 heavy (non-hydrogen) atoms. The minimum Gasteiger partial charge on any atom is -0.323 e. The van der Waals surface area contributed by atoms with E-state index < -0.39 is 0 Å². The summed E-state index contributed by atoms with van der Waals surface area (Å²) in [6.07, 6.45) is 2.64. The van der Waals surface area contributed by atoms with Crippen LogP contribution >= 0.6 is 0 Å². The summed E-state index contributed by atoms with van der Waals surface area (Å²) in [5, 5.41) is 0. The van der Waals surface area contributed by atoms with Crippen LogP contribution in [0.2, 0.25) is 0 Å². The third-order valence-electron chi connectivity index (χ3n) is 3.96. The fourth-order valence-electron chi connectivity index (χ4n) is 2.77. The van der Waals surface area contributed by atoms with Crippen LogP contribution in [0.3, 0.4) is 0 Å². The molecule has 2 nitrogen and oxygen atoms in total. The molecule has 2 N–H and O–H groups in total. The van der Waals surface area contributed by atoms with E-state index in [2.05, 4.69) is 43.9 Å². The molecule has 1 heterocycles. The van der Waals surface area contributed by atoms with E-state index in [1.165, 1.54) is 36.1 Å². The van der Waals surface area contributed by atoms with Crippen LogP contribution < -0.4 is 5.73 Å². The van der Waals surface area contributed by atoms with Crippen LogP contribution in [0.15, 0.2) is 18.2 Å². The van der Waals surface area contributed by atoms with Crippen molar-refractivity contribution in [1.82, 2.24) is 4.90 Å². The highest BCUT2D eigenvalue weighted by Crippen LogP contribution is 2.22. The van der Waals surface area contributed by atoms with Crippen LogP contribution in [0.5, 0.6) is 0 Å². The Morgan fingerprint density at radius 1 is 1.41 bits per heavy atom. The number of nitrogens with zero attached hydrogens (tertiary/aromatic N) is 1. The van der Waals surface area contributed by atoms with Crippen molar-refractivity contribution in [2.45, 2.75) is 45.7 Å². The number of benzene rings is 1. The summed E-state index contributed by atoms with van der Waals surface area (Å²) in [7, 11) is 0. The molecule has 0 aliphatic carbocycles. The number of hydrogen-bond donors (Lipinski definition) is 1. The molecule has 1 fully saturated rings. The molecule has 1 aromatic rings. The minimum atomic E-state index is 0.149. The largest absolute Gasteiger partial charge is 0.323 e. The molecule has 0 bridgehead atoms. The van der Waals surface area contributed by atoms with Crippen molar-refractivity contribution >= 4 is 0 Å². The van der Waals surface area contributed by atoms with E-state index in [-0.39, 0.29) is 6.04 Å². The van der Waals surface area contributed by atoms with Crippen LogP contribution in [-0.4, -0.2) is 24.0 Å². The standard InChI is InChI=1S/C15H24N2/c1-11-6-7-12(2)14(9-11)15(16)10-17-8-4-5-13(17)3/h6-7,9,13,15H,4-5,8,10,16H2,1-3H3. The summed E-state index contributed by atoms with van der Waals surface area (Å²) in [5.41, 5.74) is 10.3. The number of rotatable bonds is 3. The van der Waals surface area contributed by atoms with E-state index in [1.54, 1.807) is 0 Å². The van der Waals surface area contributed by atoms with E-state index in [4.69, 9.17) is 5.73 Å². The molecule has 1 aliphatic rings. The molecule has 0 saturated carbocycles. The summed E-state index contributed by atoms with van der Waals surface area (Å²) in [6.45, 7) is 8.80. The van der Waals surface area contributed by atoms with Gasteiger partial charge in [0.25, 0.3) is 0 Å². The topological polar surface area (TPSA) is 29.3 Å². The lowest BCUT2D eigenvalue weighted by Gasteiger charge is -2.26. The van der Waals surface area contributed by atoms with Gasteiger partial charge in [-0.2, -0.15) is 0 Å². The van der Waals surface area contributed by atoms with Gasteiger partial charge in [0.15, 0.2) is 0 Å². The van der Waals surface area contributed by atoms with Gasteiger partial charge in [-0.1, -0.05) is 23.8 Å². The fourth-order valence-corrected chi connectivity index (χ4v) is 2.77. The van der Waals surface area contributed by atoms with Gasteiger partial charge in [-0.15, -0.1) is 0 Å². The Morgan fingerprint density at radius 2 is 2.18 bits per heavy atom. The van der Waals surface area contributed by atoms with Crippen molar-refractivity contribution in [2.24, 2.45) is 5.73 Å². The minimum absolute atomic E-state index is 0.149. The molecule has 2 rings (SSSR count). The zero-order chi connectivity index (χ0) is 12.4. The van der Waals surface area contributed by atoms with Gasteiger partial charge in [0, 0.05) is 18.6 Å². The second-order valence-corrected chi connectivity index (χ2v) is 5.45. The monoisotopic (exact) mass is 232 g/mol. The summed E-state index contributed by atoms with van der Waals surface area (Å²) in [6, 6.07) is 7.42. The second kappa shape index (κ2) is 5.19. The van der Waals surface area contributed by atoms with Gasteiger partial charge in [-0.25, -0.2) is 0 Å². The Kier molecular flexibility index (Phi) is 3.85. The zero-order valence-corrected chi connectivity index (χ0v) is 11.2. The van der Waals surface area contributed by atoms with Gasteiger partial charge in [-0.3, -0.25) is 4.90 Å². The molecular formula is C15H24N2. The number of aryl methyl sites for hydroxylation is 2. The molecule has 0 spiro atoms. The predicted octanol–water partition coefficient (Wildman–Crippen LogP) is 2.79. The summed E-state index contributed by atoms with van der Waals surface area (Å²) in [4.78, 5) is 2.52. The van der Waals surface area contributed by atoms with Crippen molar-refractivity contribution in [2.75, 3.05) is 13.1 Å². The Hall–Kier alpha value is -0.860. The Bertz CT molecular complexity index is 387. The van der Waals surface area contributed by atoms with Crippen LogP contribution in [0.25, 0.3) is 0 Å². The van der Waals surface area contributed by atoms with Gasteiger partial charge in [-0.05, 0) is 51.3 Å². The fraction of sp³-hybridized carbons (Fsp3) is 0.600. The van der Waals surface area contributed by atoms with Gasteiger partial charge >= 0.3 is 0 Å². The molecule has 1 aromatic carbocycles. The van der Waals surface area contributed by atoms with Crippen molar-refractivity contribution < 1.29 is 0 Å². The first-order valence-electron chi connectivity index (χ1n) is 6.64. The first-order chi connectivity index (χ1) is 8.08. The molecule has 94 valence electrons. The highest BCUT2D eigenvalue weighted by atomic mass is 15.2. The molecule has 0 radical (unpaired) electrons. The van der Waals surface area contributed by atoms with Crippen LogP contribution in [-0.2, 0) is 0 Å². The van der Waals surface area contributed by atoms with E-state index in [1.807, 2.05) is 0 Å². The number of hydrogen-bond acceptors (Lipinski definition) is 2. The van der Waals surface area contributed by atoms with Crippen LogP contribution in [0, 0.1) is 13.8 Å². The second-order valence-electron chi connectivity index (χ2n) is 5.45. The smallest absolute Gasteiger partial charge is 0.0427 e. The number of likely N-dealkylation sites (tertiary alicyclic amines) is 1. The average molecular weight is 232 g/mol. The van der Waals surface area contributed by atoms with Crippen molar-refractivity contribution in [3.05, 3.63) is 34.9 Å². The van der Waals surface area contributed by atoms with E-state index in [0.29, 0.717) is 6.04 Å². The summed E-state index contributed by atoms with van der Waals surface area (Å²) >= 11 is 0. The highest BCUT2D eigenvalue weighted by Gasteiger charge is 2.22. The molecule has 1 saturated heterocycles. The molecule has 1 aliphatic heterocycles. The maximum Gasteiger partial charge on any atom is 0.0427 e. The molecule has 2 atom stereocenters. The maximum absolute atomic E-state index is 6.37. The van der Waals surface area contributed by atoms with Gasteiger partial charge in [0.1, 0.15) is 0 Å². The SMILES string of the molecule is Cc1ccc(C)c(C(N)CN2CCCC2C)c1. The van der Waals surface area contributed by atoms with Gasteiger partial charge < -0.3 is 5.73 Å². The highest BCUT2D eigenvalue weighted by molar-refractivity contribution is 5.33. The first-order valence-corrected chi connectivity index (χ1v) is 6.64. The molecule has 2 heteroatoms. The van der Waals surface area contributed by atoms with Crippen LogP contribution in [0.1, 0.15) is 42.5 Å². The summed E-state index contributed by atoms with van der Waals surface area (Å²) < 4.78 is 0. The van der Waals surface area contributed by atoms with Gasteiger partial charge in [0.05, 0.1) is 0 Å². The van der Waals surface area contributed by atoms with E-state index in [9.17, 15) is 0 Å². The lowest BCUT2D eigenvalue weighted by molar-refractivity contribution is 0.252. The molecule has 0 aromatic heterocycles. The summed E-state index contributed by atoms with van der Waals surface area (Å²) in [5.74, 6) is 0. The van der Waals surface area contributed by atoms with E-state index in [0.717, 1.165) is 6.54 Å². The average Bonchev–Trinajstić information content (AvgIpc) is 2.68. The Labute approximate surface area is 105 Å². The Morgan fingerprint density at radius 3 is 2.82 bits per heavy atom.